The second kappa shape index (κ2) is 6.75. The predicted octanol–water partition coefficient (Wildman–Crippen LogP) is 2.33. The first-order valence-electron chi connectivity index (χ1n) is 7.65. The topological polar surface area (TPSA) is 97.4 Å². The molecule has 0 aromatic carbocycles. The quantitative estimate of drug-likeness (QED) is 0.655. The summed E-state index contributed by atoms with van der Waals surface area (Å²) in [5.41, 5.74) is -1.04. The summed E-state index contributed by atoms with van der Waals surface area (Å²) in [6.45, 7) is 3.63. The maximum absolute atomic E-state index is 12.5. The second-order valence-corrected chi connectivity index (χ2v) is 8.59. The summed E-state index contributed by atoms with van der Waals surface area (Å²) in [6.07, 6.45) is 5.78. The highest BCUT2D eigenvalue weighted by Gasteiger charge is 2.35. The van der Waals surface area contributed by atoms with Crippen LogP contribution >= 0.6 is 11.3 Å². The van der Waals surface area contributed by atoms with Gasteiger partial charge in [-0.2, -0.15) is 0 Å². The molecule has 3 heterocycles. The van der Waals surface area contributed by atoms with Crippen molar-refractivity contribution in [2.45, 2.75) is 30.5 Å². The lowest BCUT2D eigenvalue weighted by Crippen LogP contribution is -2.41. The molecule has 0 saturated heterocycles. The molecule has 0 aliphatic rings. The van der Waals surface area contributed by atoms with Gasteiger partial charge in [0.2, 0.25) is 0 Å². The molecule has 0 radical (unpaired) electrons. The Morgan fingerprint density at radius 3 is 2.80 bits per heavy atom. The van der Waals surface area contributed by atoms with E-state index in [1.807, 2.05) is 19.2 Å². The smallest absolute Gasteiger partial charge is 0.259 e. The molecular formula is C16H19N3O4S2. The van der Waals surface area contributed by atoms with Gasteiger partial charge in [-0.05, 0) is 31.4 Å². The SMILES string of the molecule is CC(C)n1cnc(S(=O)(=O)NCC(O)(c2ccoc2)c2cccs2)c1. The highest BCUT2D eigenvalue weighted by molar-refractivity contribution is 7.89. The first kappa shape index (κ1) is 17.9. The molecule has 134 valence electrons. The maximum Gasteiger partial charge on any atom is 0.259 e. The van der Waals surface area contributed by atoms with Crippen LogP contribution in [-0.4, -0.2) is 29.6 Å². The van der Waals surface area contributed by atoms with E-state index in [9.17, 15) is 13.5 Å². The number of thiophene rings is 1. The zero-order chi connectivity index (χ0) is 18.1. The fraction of sp³-hybridized carbons (Fsp3) is 0.312. The number of nitrogens with one attached hydrogen (secondary N) is 1. The minimum Gasteiger partial charge on any atom is -0.472 e. The van der Waals surface area contributed by atoms with Gasteiger partial charge in [-0.1, -0.05) is 6.07 Å². The van der Waals surface area contributed by atoms with Crippen molar-refractivity contribution in [3.05, 3.63) is 59.1 Å². The van der Waals surface area contributed by atoms with Crippen molar-refractivity contribution in [1.82, 2.24) is 14.3 Å². The van der Waals surface area contributed by atoms with Crippen molar-refractivity contribution in [2.24, 2.45) is 0 Å². The largest absolute Gasteiger partial charge is 0.472 e. The molecule has 7 nitrogen and oxygen atoms in total. The summed E-state index contributed by atoms with van der Waals surface area (Å²) in [6, 6.07) is 5.26. The molecule has 0 spiro atoms. The van der Waals surface area contributed by atoms with Crippen LogP contribution in [0.3, 0.4) is 0 Å². The molecule has 0 aliphatic carbocycles. The number of aliphatic hydroxyl groups is 1. The van der Waals surface area contributed by atoms with Crippen molar-refractivity contribution < 1.29 is 17.9 Å². The Bertz CT molecular complexity index is 878. The monoisotopic (exact) mass is 381 g/mol. The number of imidazole rings is 1. The Balaban J connectivity index is 1.86. The normalized spacial score (nSPS) is 14.7. The van der Waals surface area contributed by atoms with E-state index in [4.69, 9.17) is 4.42 Å². The zero-order valence-corrected chi connectivity index (χ0v) is 15.4. The van der Waals surface area contributed by atoms with E-state index in [0.717, 1.165) is 0 Å². The molecule has 0 amide bonds. The lowest BCUT2D eigenvalue weighted by Gasteiger charge is -2.26. The highest BCUT2D eigenvalue weighted by atomic mass is 32.2. The maximum atomic E-state index is 12.5. The van der Waals surface area contributed by atoms with E-state index >= 15 is 0 Å². The molecule has 3 aromatic heterocycles. The summed E-state index contributed by atoms with van der Waals surface area (Å²) in [4.78, 5) is 4.57. The Kier molecular flexibility index (Phi) is 4.83. The number of aromatic nitrogens is 2. The first-order chi connectivity index (χ1) is 11.8. The fourth-order valence-corrected chi connectivity index (χ4v) is 4.20. The Morgan fingerprint density at radius 1 is 1.44 bits per heavy atom. The lowest BCUT2D eigenvalue weighted by molar-refractivity contribution is 0.0891. The van der Waals surface area contributed by atoms with Gasteiger partial charge in [0.25, 0.3) is 10.0 Å². The highest BCUT2D eigenvalue weighted by Crippen LogP contribution is 2.33. The van der Waals surface area contributed by atoms with Gasteiger partial charge < -0.3 is 14.1 Å². The van der Waals surface area contributed by atoms with E-state index < -0.39 is 15.6 Å². The van der Waals surface area contributed by atoms with Crippen LogP contribution in [0.2, 0.25) is 0 Å². The number of sulfonamides is 1. The molecule has 0 bridgehead atoms. The van der Waals surface area contributed by atoms with Gasteiger partial charge in [-0.3, -0.25) is 0 Å². The Hall–Kier alpha value is -1.94. The summed E-state index contributed by atoms with van der Waals surface area (Å²) in [5, 5.41) is 12.9. The van der Waals surface area contributed by atoms with E-state index in [0.29, 0.717) is 10.4 Å². The Morgan fingerprint density at radius 2 is 2.24 bits per heavy atom. The Labute approximate surface area is 150 Å². The van der Waals surface area contributed by atoms with Crippen LogP contribution in [0.25, 0.3) is 0 Å². The third-order valence-corrected chi connectivity index (χ3v) is 6.20. The van der Waals surface area contributed by atoms with E-state index in [-0.39, 0.29) is 17.6 Å². The molecule has 0 aliphatic heterocycles. The number of nitrogens with zero attached hydrogens (tertiary/aromatic N) is 2. The van der Waals surface area contributed by atoms with Gasteiger partial charge in [0.15, 0.2) is 5.03 Å². The van der Waals surface area contributed by atoms with Crippen LogP contribution < -0.4 is 4.72 Å². The van der Waals surface area contributed by atoms with E-state index in [2.05, 4.69) is 9.71 Å². The van der Waals surface area contributed by atoms with Gasteiger partial charge in [0.1, 0.15) is 5.60 Å². The lowest BCUT2D eigenvalue weighted by atomic mass is 9.95. The van der Waals surface area contributed by atoms with E-state index in [1.54, 1.807) is 22.8 Å². The van der Waals surface area contributed by atoms with Crippen LogP contribution in [0.5, 0.6) is 0 Å². The molecule has 9 heteroatoms. The van der Waals surface area contributed by atoms with Crippen LogP contribution in [0.1, 0.15) is 30.3 Å². The van der Waals surface area contributed by atoms with Gasteiger partial charge in [0.05, 0.1) is 18.9 Å². The molecular weight excluding hydrogens is 362 g/mol. The van der Waals surface area contributed by atoms with Gasteiger partial charge in [-0.25, -0.2) is 18.1 Å². The minimum atomic E-state index is -3.86. The number of furan rings is 1. The average molecular weight is 381 g/mol. The average Bonchev–Trinajstić information content (AvgIpc) is 3.35. The zero-order valence-electron chi connectivity index (χ0n) is 13.8. The molecule has 1 unspecified atom stereocenters. The van der Waals surface area contributed by atoms with Crippen molar-refractivity contribution in [3.63, 3.8) is 0 Å². The third kappa shape index (κ3) is 3.54. The molecule has 3 rings (SSSR count). The summed E-state index contributed by atoms with van der Waals surface area (Å²) in [7, 11) is -3.86. The minimum absolute atomic E-state index is 0.0816. The first-order valence-corrected chi connectivity index (χ1v) is 10.0. The summed E-state index contributed by atoms with van der Waals surface area (Å²) in [5.74, 6) is 0. The standard InChI is InChI=1S/C16H19N3O4S2/c1-12(2)19-8-15(17-11-19)25(21,22)18-10-16(20,13-5-6-23-9-13)14-4-3-7-24-14/h3-9,11-12,18,20H,10H2,1-2H3. The number of hydrogen-bond acceptors (Lipinski definition) is 6. The molecule has 2 N–H and O–H groups in total. The van der Waals surface area contributed by atoms with Crippen molar-refractivity contribution in [3.8, 4) is 0 Å². The third-order valence-electron chi connectivity index (χ3n) is 3.89. The molecule has 3 aromatic rings. The van der Waals surface area contributed by atoms with Crippen LogP contribution in [-0.2, 0) is 15.6 Å². The molecule has 0 fully saturated rings. The number of rotatable bonds is 7. The van der Waals surface area contributed by atoms with Gasteiger partial charge in [0, 0.05) is 29.2 Å². The number of hydrogen-bond donors (Lipinski definition) is 2. The molecule has 1 atom stereocenters. The van der Waals surface area contributed by atoms with Crippen molar-refractivity contribution in [1.29, 1.82) is 0 Å². The molecule has 25 heavy (non-hydrogen) atoms. The summed E-state index contributed by atoms with van der Waals surface area (Å²) >= 11 is 1.34. The van der Waals surface area contributed by atoms with Crippen molar-refractivity contribution >= 4 is 21.4 Å². The van der Waals surface area contributed by atoms with E-state index in [1.165, 1.54) is 36.4 Å². The van der Waals surface area contributed by atoms with Gasteiger partial charge in [-0.15, -0.1) is 11.3 Å². The van der Waals surface area contributed by atoms with Crippen LogP contribution in [0.15, 0.2) is 58.1 Å². The van der Waals surface area contributed by atoms with Crippen LogP contribution in [0, 0.1) is 0 Å². The van der Waals surface area contributed by atoms with Gasteiger partial charge >= 0.3 is 0 Å². The van der Waals surface area contributed by atoms with Crippen molar-refractivity contribution in [2.75, 3.05) is 6.54 Å². The molecule has 0 saturated carbocycles. The van der Waals surface area contributed by atoms with Crippen LogP contribution in [0.4, 0.5) is 0 Å². The predicted molar refractivity (Wildman–Crippen MR) is 93.8 cm³/mol. The fourth-order valence-electron chi connectivity index (χ4n) is 2.36. The summed E-state index contributed by atoms with van der Waals surface area (Å²) < 4.78 is 34.3. The second-order valence-electron chi connectivity index (χ2n) is 5.93.